The summed E-state index contributed by atoms with van der Waals surface area (Å²) in [7, 11) is 0. The lowest BCUT2D eigenvalue weighted by Gasteiger charge is -2.12. The van der Waals surface area contributed by atoms with Gasteiger partial charge in [0, 0.05) is 12.6 Å². The number of thiazole rings is 1. The second-order valence-electron chi connectivity index (χ2n) is 4.64. The summed E-state index contributed by atoms with van der Waals surface area (Å²) >= 11 is 1.28. The molecule has 0 aromatic carbocycles. The Morgan fingerprint density at radius 3 is 3.14 bits per heavy atom. The summed E-state index contributed by atoms with van der Waals surface area (Å²) in [4.78, 5) is 13.3. The minimum Gasteiger partial charge on any atom is -0.473 e. The second kappa shape index (κ2) is 6.03. The van der Waals surface area contributed by atoms with Gasteiger partial charge in [-0.2, -0.15) is 10.2 Å². The SMILES string of the molecule is Cc1nc(Nc2ncc(C#N)s2)cc(O[C@H]2CCNC2)n1. The van der Waals surface area contributed by atoms with Crippen LogP contribution in [0.3, 0.4) is 0 Å². The topological polar surface area (TPSA) is 95.8 Å². The van der Waals surface area contributed by atoms with E-state index in [4.69, 9.17) is 10.00 Å². The molecule has 7 nitrogen and oxygen atoms in total. The first-order valence-electron chi connectivity index (χ1n) is 6.59. The first kappa shape index (κ1) is 13.7. The van der Waals surface area contributed by atoms with Gasteiger partial charge >= 0.3 is 0 Å². The van der Waals surface area contributed by atoms with Gasteiger partial charge in [0.15, 0.2) is 5.13 Å². The number of hydrogen-bond acceptors (Lipinski definition) is 8. The number of nitrogens with zero attached hydrogens (tertiary/aromatic N) is 4. The molecule has 1 aliphatic heterocycles. The molecule has 1 aliphatic rings. The fourth-order valence-corrected chi connectivity index (χ4v) is 2.68. The van der Waals surface area contributed by atoms with Crippen molar-refractivity contribution >= 4 is 22.3 Å². The Kier molecular flexibility index (Phi) is 3.94. The van der Waals surface area contributed by atoms with Gasteiger partial charge < -0.3 is 15.4 Å². The summed E-state index contributed by atoms with van der Waals surface area (Å²) < 4.78 is 5.84. The lowest BCUT2D eigenvalue weighted by atomic mass is 10.3. The molecule has 0 aliphatic carbocycles. The van der Waals surface area contributed by atoms with Crippen molar-refractivity contribution < 1.29 is 4.74 Å². The van der Waals surface area contributed by atoms with Crippen molar-refractivity contribution in [3.8, 4) is 11.9 Å². The number of nitrogens with one attached hydrogen (secondary N) is 2. The third-order valence-electron chi connectivity index (χ3n) is 2.97. The zero-order valence-electron chi connectivity index (χ0n) is 11.5. The summed E-state index contributed by atoms with van der Waals surface area (Å²) in [5, 5.41) is 15.8. The zero-order valence-corrected chi connectivity index (χ0v) is 12.3. The van der Waals surface area contributed by atoms with E-state index in [0.29, 0.717) is 27.5 Å². The summed E-state index contributed by atoms with van der Waals surface area (Å²) in [6.45, 7) is 3.62. The minimum atomic E-state index is 0.150. The molecule has 3 rings (SSSR count). The van der Waals surface area contributed by atoms with Crippen LogP contribution in [0, 0.1) is 18.3 Å². The molecule has 2 N–H and O–H groups in total. The maximum Gasteiger partial charge on any atom is 0.219 e. The van der Waals surface area contributed by atoms with Crippen LogP contribution in [0.25, 0.3) is 0 Å². The van der Waals surface area contributed by atoms with Gasteiger partial charge in [0.05, 0.1) is 6.20 Å². The van der Waals surface area contributed by atoms with E-state index in [1.54, 1.807) is 6.07 Å². The summed E-state index contributed by atoms with van der Waals surface area (Å²) in [5.74, 6) is 1.79. The number of nitriles is 1. The molecule has 21 heavy (non-hydrogen) atoms. The van der Waals surface area contributed by atoms with Gasteiger partial charge in [-0.15, -0.1) is 0 Å². The van der Waals surface area contributed by atoms with Crippen LogP contribution in [0.15, 0.2) is 12.3 Å². The van der Waals surface area contributed by atoms with Crippen LogP contribution in [-0.4, -0.2) is 34.1 Å². The highest BCUT2D eigenvalue weighted by Crippen LogP contribution is 2.23. The summed E-state index contributed by atoms with van der Waals surface area (Å²) in [6.07, 6.45) is 2.66. The highest BCUT2D eigenvalue weighted by atomic mass is 32.1. The Bertz CT molecular complexity index is 674. The lowest BCUT2D eigenvalue weighted by Crippen LogP contribution is -2.20. The third-order valence-corrected chi connectivity index (χ3v) is 3.79. The fraction of sp³-hybridized carbons (Fsp3) is 0.385. The fourth-order valence-electron chi connectivity index (χ4n) is 2.06. The molecule has 2 aromatic heterocycles. The van der Waals surface area contributed by atoms with Gasteiger partial charge in [0.1, 0.15) is 28.7 Å². The van der Waals surface area contributed by atoms with Crippen LogP contribution < -0.4 is 15.4 Å². The molecule has 0 amide bonds. The van der Waals surface area contributed by atoms with Crippen LogP contribution in [0.5, 0.6) is 5.88 Å². The van der Waals surface area contributed by atoms with E-state index in [1.807, 2.05) is 6.92 Å². The molecule has 0 saturated carbocycles. The minimum absolute atomic E-state index is 0.150. The lowest BCUT2D eigenvalue weighted by molar-refractivity contribution is 0.213. The number of rotatable bonds is 4. The molecule has 108 valence electrons. The number of anilines is 2. The van der Waals surface area contributed by atoms with Crippen molar-refractivity contribution in [3.63, 3.8) is 0 Å². The van der Waals surface area contributed by atoms with Gasteiger partial charge in [-0.1, -0.05) is 11.3 Å². The normalized spacial score (nSPS) is 17.4. The average molecular weight is 302 g/mol. The Balaban J connectivity index is 1.75. The van der Waals surface area contributed by atoms with E-state index in [1.165, 1.54) is 17.5 Å². The second-order valence-corrected chi connectivity index (χ2v) is 5.67. The molecular weight excluding hydrogens is 288 g/mol. The smallest absolute Gasteiger partial charge is 0.219 e. The first-order valence-corrected chi connectivity index (χ1v) is 7.40. The van der Waals surface area contributed by atoms with Crippen molar-refractivity contribution in [2.24, 2.45) is 0 Å². The van der Waals surface area contributed by atoms with Gasteiger partial charge in [-0.25, -0.2) is 9.97 Å². The van der Waals surface area contributed by atoms with E-state index in [0.717, 1.165) is 19.5 Å². The van der Waals surface area contributed by atoms with Crippen molar-refractivity contribution in [3.05, 3.63) is 23.0 Å². The van der Waals surface area contributed by atoms with Crippen LogP contribution in [0.1, 0.15) is 17.1 Å². The molecule has 0 bridgehead atoms. The highest BCUT2D eigenvalue weighted by Gasteiger charge is 2.17. The molecule has 0 radical (unpaired) electrons. The van der Waals surface area contributed by atoms with Crippen molar-refractivity contribution in [2.45, 2.75) is 19.4 Å². The monoisotopic (exact) mass is 302 g/mol. The van der Waals surface area contributed by atoms with Crippen LogP contribution >= 0.6 is 11.3 Å². The van der Waals surface area contributed by atoms with Crippen LogP contribution in [0.2, 0.25) is 0 Å². The van der Waals surface area contributed by atoms with E-state index in [9.17, 15) is 0 Å². The summed E-state index contributed by atoms with van der Waals surface area (Å²) in [6, 6.07) is 3.80. The third kappa shape index (κ3) is 3.45. The first-order chi connectivity index (χ1) is 10.2. The van der Waals surface area contributed by atoms with Crippen LogP contribution in [-0.2, 0) is 0 Å². The Hall–Kier alpha value is -2.24. The summed E-state index contributed by atoms with van der Waals surface area (Å²) in [5.41, 5.74) is 0. The molecule has 1 saturated heterocycles. The quantitative estimate of drug-likeness (QED) is 0.885. The largest absolute Gasteiger partial charge is 0.473 e. The Morgan fingerprint density at radius 1 is 1.52 bits per heavy atom. The van der Waals surface area contributed by atoms with Gasteiger partial charge in [-0.3, -0.25) is 0 Å². The van der Waals surface area contributed by atoms with Crippen LogP contribution in [0.4, 0.5) is 10.9 Å². The zero-order chi connectivity index (χ0) is 14.7. The standard InChI is InChI=1S/C13H14N6OS/c1-8-17-11(19-13-16-7-10(5-14)21-13)4-12(18-8)20-9-2-3-15-6-9/h4,7,9,15H,2-3,6H2,1H3,(H,16,17,18,19)/t9-/m0/s1. The Morgan fingerprint density at radius 2 is 2.43 bits per heavy atom. The van der Waals surface area contributed by atoms with E-state index in [2.05, 4.69) is 31.7 Å². The molecule has 0 spiro atoms. The molecule has 1 atom stereocenters. The molecule has 0 unspecified atom stereocenters. The van der Waals surface area contributed by atoms with Gasteiger partial charge in [0.25, 0.3) is 0 Å². The number of hydrogen-bond donors (Lipinski definition) is 2. The number of aryl methyl sites for hydroxylation is 1. The highest BCUT2D eigenvalue weighted by molar-refractivity contribution is 7.16. The van der Waals surface area contributed by atoms with Crippen molar-refractivity contribution in [2.75, 3.05) is 18.4 Å². The maximum absolute atomic E-state index is 8.81. The average Bonchev–Trinajstić information content (AvgIpc) is 3.09. The van der Waals surface area contributed by atoms with E-state index >= 15 is 0 Å². The number of aromatic nitrogens is 3. The van der Waals surface area contributed by atoms with Gasteiger partial charge in [0.2, 0.25) is 5.88 Å². The Labute approximate surface area is 126 Å². The predicted octanol–water partition coefficient (Wildman–Crippen LogP) is 1.60. The maximum atomic E-state index is 8.81. The van der Waals surface area contributed by atoms with Gasteiger partial charge in [-0.05, 0) is 19.9 Å². The predicted molar refractivity (Wildman–Crippen MR) is 78.8 cm³/mol. The van der Waals surface area contributed by atoms with E-state index < -0.39 is 0 Å². The number of ether oxygens (including phenoxy) is 1. The molecular formula is C13H14N6OS. The molecule has 8 heteroatoms. The van der Waals surface area contributed by atoms with Crippen molar-refractivity contribution in [1.29, 1.82) is 5.26 Å². The molecule has 2 aromatic rings. The van der Waals surface area contributed by atoms with E-state index in [-0.39, 0.29) is 6.10 Å². The molecule has 1 fully saturated rings. The molecule has 3 heterocycles. The van der Waals surface area contributed by atoms with Crippen molar-refractivity contribution in [1.82, 2.24) is 20.3 Å².